The Bertz CT molecular complexity index is 348. The Morgan fingerprint density at radius 1 is 1.60 bits per heavy atom. The first-order valence-corrected chi connectivity index (χ1v) is 4.81. The molecule has 1 aliphatic heterocycles. The molecule has 0 aromatic carbocycles. The molecular weight excluding hydrogens is 196 g/mol. The number of hydrogen-bond acceptors (Lipinski definition) is 5. The first kappa shape index (κ1) is 9.85. The lowest BCUT2D eigenvalue weighted by Gasteiger charge is -2.27. The zero-order valence-corrected chi connectivity index (χ0v) is 8.14. The average Bonchev–Trinajstić information content (AvgIpc) is 2.16. The molecule has 0 unspecified atom stereocenters. The topological polar surface area (TPSA) is 80.1 Å². The quantitative estimate of drug-likeness (QED) is 0.560. The summed E-state index contributed by atoms with van der Waals surface area (Å²) < 4.78 is 0. The Balaban J connectivity index is 1.88. The number of rotatable bonds is 4. The lowest BCUT2D eigenvalue weighted by atomic mass is 10.0. The highest BCUT2D eigenvalue weighted by molar-refractivity contribution is 5.43. The van der Waals surface area contributed by atoms with Gasteiger partial charge in [0.25, 0.3) is 0 Å². The third-order valence-electron chi connectivity index (χ3n) is 2.40. The van der Waals surface area contributed by atoms with Crippen LogP contribution in [-0.4, -0.2) is 29.5 Å². The minimum atomic E-state index is -0.500. The van der Waals surface area contributed by atoms with Gasteiger partial charge in [0.1, 0.15) is 0 Å². The monoisotopic (exact) mass is 208 g/mol. The van der Waals surface area contributed by atoms with Crippen LogP contribution in [0.2, 0.25) is 0 Å². The van der Waals surface area contributed by atoms with Gasteiger partial charge in [-0.05, 0) is 16.0 Å². The van der Waals surface area contributed by atoms with Gasteiger partial charge in [-0.2, -0.15) is 0 Å². The van der Waals surface area contributed by atoms with Gasteiger partial charge in [0.05, 0.1) is 5.69 Å². The predicted molar refractivity (Wildman–Crippen MR) is 55.7 cm³/mol. The van der Waals surface area contributed by atoms with Gasteiger partial charge in [-0.25, -0.2) is 0 Å². The van der Waals surface area contributed by atoms with E-state index in [4.69, 9.17) is 0 Å². The smallest absolute Gasteiger partial charge is 0.363 e. The molecule has 6 heteroatoms. The van der Waals surface area contributed by atoms with Gasteiger partial charge < -0.3 is 20.7 Å². The maximum absolute atomic E-state index is 10.3. The van der Waals surface area contributed by atoms with Crippen molar-refractivity contribution in [2.24, 2.45) is 5.92 Å². The third-order valence-corrected chi connectivity index (χ3v) is 2.40. The van der Waals surface area contributed by atoms with E-state index in [9.17, 15) is 10.1 Å². The van der Waals surface area contributed by atoms with E-state index < -0.39 is 4.92 Å². The van der Waals surface area contributed by atoms with E-state index in [-0.39, 0.29) is 5.82 Å². The second-order valence-corrected chi connectivity index (χ2v) is 3.57. The molecular formula is C9H12N4O2. The molecule has 0 saturated carbocycles. The van der Waals surface area contributed by atoms with Crippen molar-refractivity contribution < 1.29 is 4.92 Å². The Labute approximate surface area is 86.9 Å². The van der Waals surface area contributed by atoms with Crippen molar-refractivity contribution in [1.82, 2.24) is 10.3 Å². The lowest BCUT2D eigenvalue weighted by molar-refractivity contribution is -0.389. The van der Waals surface area contributed by atoms with Crippen molar-refractivity contribution in [3.8, 4) is 0 Å². The molecule has 2 heterocycles. The highest BCUT2D eigenvalue weighted by Gasteiger charge is 2.16. The van der Waals surface area contributed by atoms with Crippen LogP contribution in [0.15, 0.2) is 18.3 Å². The SMILES string of the molecule is O=[N+]([O-])c1ccc(NCC2CNC2)cn1. The number of pyridine rings is 1. The fourth-order valence-corrected chi connectivity index (χ4v) is 1.35. The van der Waals surface area contributed by atoms with Crippen molar-refractivity contribution in [2.45, 2.75) is 0 Å². The van der Waals surface area contributed by atoms with Crippen LogP contribution < -0.4 is 10.6 Å². The van der Waals surface area contributed by atoms with Crippen molar-refractivity contribution in [3.63, 3.8) is 0 Å². The normalized spacial score (nSPS) is 15.7. The second-order valence-electron chi connectivity index (χ2n) is 3.57. The number of aromatic nitrogens is 1. The van der Waals surface area contributed by atoms with E-state index in [2.05, 4.69) is 15.6 Å². The largest absolute Gasteiger partial charge is 0.382 e. The molecule has 1 saturated heterocycles. The van der Waals surface area contributed by atoms with Gasteiger partial charge >= 0.3 is 5.82 Å². The zero-order chi connectivity index (χ0) is 10.7. The molecule has 2 rings (SSSR count). The predicted octanol–water partition coefficient (Wildman–Crippen LogP) is 0.621. The summed E-state index contributed by atoms with van der Waals surface area (Å²) in [5.74, 6) is 0.533. The molecule has 0 aliphatic carbocycles. The summed E-state index contributed by atoms with van der Waals surface area (Å²) in [6, 6.07) is 3.08. The van der Waals surface area contributed by atoms with Crippen LogP contribution in [0, 0.1) is 16.0 Å². The van der Waals surface area contributed by atoms with Crippen LogP contribution in [0.5, 0.6) is 0 Å². The van der Waals surface area contributed by atoms with E-state index in [1.807, 2.05) is 0 Å². The van der Waals surface area contributed by atoms with Crippen LogP contribution in [0.25, 0.3) is 0 Å². The Morgan fingerprint density at radius 2 is 2.40 bits per heavy atom. The summed E-state index contributed by atoms with van der Waals surface area (Å²) >= 11 is 0. The summed E-state index contributed by atoms with van der Waals surface area (Å²) in [7, 11) is 0. The van der Waals surface area contributed by atoms with Gasteiger partial charge in [-0.3, -0.25) is 0 Å². The Hall–Kier alpha value is -1.69. The second kappa shape index (κ2) is 4.22. The molecule has 1 aromatic heterocycles. The fraction of sp³-hybridized carbons (Fsp3) is 0.444. The van der Waals surface area contributed by atoms with Crippen LogP contribution >= 0.6 is 0 Å². The number of hydrogen-bond donors (Lipinski definition) is 2. The van der Waals surface area contributed by atoms with Gasteiger partial charge in [-0.15, -0.1) is 0 Å². The highest BCUT2D eigenvalue weighted by Crippen LogP contribution is 2.12. The van der Waals surface area contributed by atoms with Crippen molar-refractivity contribution in [1.29, 1.82) is 0 Å². The van der Waals surface area contributed by atoms with E-state index in [1.54, 1.807) is 6.07 Å². The lowest BCUT2D eigenvalue weighted by Crippen LogP contribution is -2.45. The molecule has 80 valence electrons. The molecule has 0 atom stereocenters. The Kier molecular flexibility index (Phi) is 2.77. The summed E-state index contributed by atoms with van der Waals surface area (Å²) in [5.41, 5.74) is 0.826. The molecule has 1 aromatic rings. The molecule has 15 heavy (non-hydrogen) atoms. The summed E-state index contributed by atoms with van der Waals surface area (Å²) in [6.45, 7) is 2.95. The molecule has 1 aliphatic rings. The van der Waals surface area contributed by atoms with Crippen LogP contribution in [0.3, 0.4) is 0 Å². The minimum absolute atomic E-state index is 0.120. The molecule has 2 N–H and O–H groups in total. The van der Waals surface area contributed by atoms with Crippen LogP contribution in [0.4, 0.5) is 11.5 Å². The summed E-state index contributed by atoms with van der Waals surface area (Å²) in [4.78, 5) is 13.6. The highest BCUT2D eigenvalue weighted by atomic mass is 16.6. The van der Waals surface area contributed by atoms with Gasteiger partial charge in [0.2, 0.25) is 0 Å². The average molecular weight is 208 g/mol. The number of nitrogens with zero attached hydrogens (tertiary/aromatic N) is 2. The van der Waals surface area contributed by atoms with E-state index >= 15 is 0 Å². The molecule has 0 spiro atoms. The molecule has 0 bridgehead atoms. The summed E-state index contributed by atoms with van der Waals surface area (Å²) in [6.07, 6.45) is 1.49. The van der Waals surface area contributed by atoms with Crippen LogP contribution in [-0.2, 0) is 0 Å². The molecule has 6 nitrogen and oxygen atoms in total. The van der Waals surface area contributed by atoms with Crippen LogP contribution in [0.1, 0.15) is 0 Å². The number of nitro groups is 1. The van der Waals surface area contributed by atoms with E-state index in [0.29, 0.717) is 5.92 Å². The van der Waals surface area contributed by atoms with Gasteiger partial charge in [-0.1, -0.05) is 0 Å². The molecule has 1 fully saturated rings. The zero-order valence-electron chi connectivity index (χ0n) is 8.14. The van der Waals surface area contributed by atoms with Crippen molar-refractivity contribution >= 4 is 11.5 Å². The van der Waals surface area contributed by atoms with Gasteiger partial charge in [0.15, 0.2) is 6.20 Å². The first-order valence-electron chi connectivity index (χ1n) is 4.81. The maximum Gasteiger partial charge on any atom is 0.363 e. The number of anilines is 1. The minimum Gasteiger partial charge on any atom is -0.382 e. The molecule has 0 amide bonds. The first-order chi connectivity index (χ1) is 7.25. The standard InChI is InChI=1S/C9H12N4O2/c14-13(15)9-2-1-8(6-12-9)11-5-7-3-10-4-7/h1-2,6-7,10-11H,3-5H2. The molecule has 0 radical (unpaired) electrons. The van der Waals surface area contributed by atoms with E-state index in [0.717, 1.165) is 25.3 Å². The van der Waals surface area contributed by atoms with Gasteiger partial charge in [0, 0.05) is 31.6 Å². The van der Waals surface area contributed by atoms with E-state index in [1.165, 1.54) is 12.3 Å². The third kappa shape index (κ3) is 2.41. The fourth-order valence-electron chi connectivity index (χ4n) is 1.35. The summed E-state index contributed by atoms with van der Waals surface area (Å²) in [5, 5.41) is 16.7. The maximum atomic E-state index is 10.3. The Morgan fingerprint density at radius 3 is 2.87 bits per heavy atom. The van der Waals surface area contributed by atoms with Crippen molar-refractivity contribution in [3.05, 3.63) is 28.4 Å². The number of nitrogens with one attached hydrogen (secondary N) is 2. The van der Waals surface area contributed by atoms with Crippen molar-refractivity contribution in [2.75, 3.05) is 25.0 Å².